The van der Waals surface area contributed by atoms with E-state index in [1.807, 2.05) is 47.0 Å². The van der Waals surface area contributed by atoms with Gasteiger partial charge in [-0.2, -0.15) is 0 Å². The van der Waals surface area contributed by atoms with Gasteiger partial charge in [-0.3, -0.25) is 9.80 Å². The minimum absolute atomic E-state index is 0.461. The summed E-state index contributed by atoms with van der Waals surface area (Å²) in [5, 5.41) is 0. The van der Waals surface area contributed by atoms with Crippen LogP contribution in [0.4, 0.5) is 0 Å². The van der Waals surface area contributed by atoms with E-state index in [4.69, 9.17) is 9.47 Å². The molecule has 2 aromatic heterocycles. The van der Waals surface area contributed by atoms with Crippen LogP contribution < -0.4 is 9.47 Å². The van der Waals surface area contributed by atoms with E-state index in [9.17, 15) is 0 Å². The SMILES string of the molecule is CCCOc1ccc(CN2CCCC2c2ccc(-n3cc4c(c3)SC(=C3Sc5cn(-c6ccc(C7CCCN7Cc7ccc(OCCC)cc7)cc6)cc5S3)S4)cc2)cc1. The number of ether oxygens (including phenoxy) is 2. The third-order valence-corrected chi connectivity index (χ3v) is 17.4. The highest BCUT2D eigenvalue weighted by molar-refractivity contribution is 8.30. The Balaban J connectivity index is 0.736. The molecule has 6 nitrogen and oxygen atoms in total. The molecule has 0 saturated carbocycles. The van der Waals surface area contributed by atoms with Crippen LogP contribution in [0.3, 0.4) is 0 Å². The Kier molecular flexibility index (Phi) is 12.2. The zero-order valence-corrected chi connectivity index (χ0v) is 37.7. The molecule has 2 atom stereocenters. The number of aromatic nitrogens is 2. The Morgan fingerprint density at radius 3 is 1.20 bits per heavy atom. The molecular weight excluding hydrogens is 817 g/mol. The molecule has 6 heterocycles. The maximum absolute atomic E-state index is 5.80. The zero-order valence-electron chi connectivity index (χ0n) is 34.4. The maximum atomic E-state index is 5.80. The summed E-state index contributed by atoms with van der Waals surface area (Å²) in [5.74, 6) is 1.93. The van der Waals surface area contributed by atoms with Crippen LogP contribution in [0, 0.1) is 0 Å². The molecule has 0 spiro atoms. The highest BCUT2D eigenvalue weighted by atomic mass is 32.2. The van der Waals surface area contributed by atoms with E-state index in [1.54, 1.807) is 0 Å². The number of thioether (sulfide) groups is 4. The second-order valence-electron chi connectivity index (χ2n) is 16.2. The molecule has 0 N–H and O–H groups in total. The predicted octanol–water partition coefficient (Wildman–Crippen LogP) is 13.7. The Hall–Kier alpha value is -3.90. The fraction of sp³-hybridized carbons (Fsp3) is 0.320. The van der Waals surface area contributed by atoms with Crippen molar-refractivity contribution in [3.05, 3.63) is 153 Å². The molecule has 0 aliphatic carbocycles. The zero-order chi connectivity index (χ0) is 40.4. The summed E-state index contributed by atoms with van der Waals surface area (Å²) in [6.07, 6.45) is 16.2. The van der Waals surface area contributed by atoms with Crippen LogP contribution in [0.25, 0.3) is 11.4 Å². The van der Waals surface area contributed by atoms with Crippen LogP contribution in [0.5, 0.6) is 11.5 Å². The van der Waals surface area contributed by atoms with E-state index >= 15 is 0 Å². The van der Waals surface area contributed by atoms with Gasteiger partial charge in [0.2, 0.25) is 0 Å². The van der Waals surface area contributed by atoms with Gasteiger partial charge in [0.05, 0.1) is 21.7 Å². The van der Waals surface area contributed by atoms with Crippen molar-refractivity contribution in [2.45, 2.75) is 97.1 Å². The first-order chi connectivity index (χ1) is 29.6. The minimum Gasteiger partial charge on any atom is -0.494 e. The molecule has 0 bridgehead atoms. The van der Waals surface area contributed by atoms with E-state index in [0.717, 1.165) is 63.7 Å². The third kappa shape index (κ3) is 8.74. The molecule has 4 aliphatic heterocycles. The van der Waals surface area contributed by atoms with Crippen LogP contribution in [-0.2, 0) is 13.1 Å². The number of hydrogen-bond donors (Lipinski definition) is 0. The van der Waals surface area contributed by atoms with Gasteiger partial charge in [-0.1, -0.05) is 109 Å². The molecular formula is C50H52N4O2S4. The summed E-state index contributed by atoms with van der Waals surface area (Å²) in [5.41, 5.74) is 7.97. The van der Waals surface area contributed by atoms with Crippen molar-refractivity contribution < 1.29 is 9.47 Å². The van der Waals surface area contributed by atoms with Gasteiger partial charge in [0.15, 0.2) is 0 Å². The lowest BCUT2D eigenvalue weighted by Gasteiger charge is -2.25. The van der Waals surface area contributed by atoms with Crippen LogP contribution in [-0.4, -0.2) is 45.2 Å². The van der Waals surface area contributed by atoms with Gasteiger partial charge in [-0.15, -0.1) is 0 Å². The molecule has 60 heavy (non-hydrogen) atoms. The summed E-state index contributed by atoms with van der Waals surface area (Å²) < 4.78 is 19.0. The van der Waals surface area contributed by atoms with Crippen LogP contribution in [0.2, 0.25) is 0 Å². The van der Waals surface area contributed by atoms with Crippen LogP contribution in [0.1, 0.15) is 86.7 Å². The molecule has 308 valence electrons. The molecule has 2 fully saturated rings. The number of benzene rings is 4. The fourth-order valence-electron chi connectivity index (χ4n) is 8.86. The molecule has 10 rings (SSSR count). The summed E-state index contributed by atoms with van der Waals surface area (Å²) in [6.45, 7) is 10.1. The van der Waals surface area contributed by atoms with Gasteiger partial charge in [-0.05, 0) is 122 Å². The molecule has 6 aromatic rings. The molecule has 10 heteroatoms. The average Bonchev–Trinajstić information content (AvgIpc) is 4.14. The molecule has 2 unspecified atom stereocenters. The lowest BCUT2D eigenvalue weighted by atomic mass is 10.0. The summed E-state index contributed by atoms with van der Waals surface area (Å²) >= 11 is 7.68. The predicted molar refractivity (Wildman–Crippen MR) is 251 cm³/mol. The first-order valence-electron chi connectivity index (χ1n) is 21.6. The van der Waals surface area contributed by atoms with Gasteiger partial charge in [0, 0.05) is 80.9 Å². The minimum atomic E-state index is 0.461. The molecule has 4 aliphatic rings. The quantitative estimate of drug-likeness (QED) is 0.107. The van der Waals surface area contributed by atoms with E-state index in [2.05, 4.69) is 155 Å². The lowest BCUT2D eigenvalue weighted by Crippen LogP contribution is -2.22. The molecule has 0 amide bonds. The molecule has 0 radical (unpaired) electrons. The Morgan fingerprint density at radius 2 is 0.850 bits per heavy atom. The van der Waals surface area contributed by atoms with Crippen molar-refractivity contribution in [2.75, 3.05) is 26.3 Å². The van der Waals surface area contributed by atoms with Gasteiger partial charge in [-0.25, -0.2) is 0 Å². The average molecular weight is 869 g/mol. The first-order valence-corrected chi connectivity index (χ1v) is 24.9. The van der Waals surface area contributed by atoms with Crippen molar-refractivity contribution in [2.24, 2.45) is 0 Å². The third-order valence-electron chi connectivity index (χ3n) is 11.9. The van der Waals surface area contributed by atoms with Crippen LogP contribution in [0.15, 0.2) is 150 Å². The Morgan fingerprint density at radius 1 is 0.483 bits per heavy atom. The molecule has 2 saturated heterocycles. The van der Waals surface area contributed by atoms with Gasteiger partial charge >= 0.3 is 0 Å². The summed E-state index contributed by atoms with van der Waals surface area (Å²) in [6, 6.07) is 36.9. The normalized spacial score (nSPS) is 19.0. The van der Waals surface area contributed by atoms with Crippen molar-refractivity contribution in [1.82, 2.24) is 18.9 Å². The first kappa shape index (κ1) is 40.2. The fourth-order valence-corrected chi connectivity index (χ4v) is 14.2. The highest BCUT2D eigenvalue weighted by Gasteiger charge is 2.31. The number of likely N-dealkylation sites (tertiary alicyclic amines) is 2. The smallest absolute Gasteiger partial charge is 0.119 e. The summed E-state index contributed by atoms with van der Waals surface area (Å²) in [7, 11) is 0. The highest BCUT2D eigenvalue weighted by Crippen LogP contribution is 2.62. The maximum Gasteiger partial charge on any atom is 0.119 e. The standard InChI is InChI=1S/C50H52N4O2S4/c1-3-27-55-41-21-9-35(10-22-41)29-51-25-5-7-43(51)37-13-17-39(18-14-37)53-31-45-46(32-53)58-49(57-45)50-59-47-33-54(34-48(47)60-50)40-19-15-38(16-20-40)44-8-6-26-52(44)30-36-11-23-42(24-12-36)56-28-4-2/h9-24,31-34,43-44H,3-8,25-30H2,1-2H3. The van der Waals surface area contributed by atoms with Crippen molar-refractivity contribution in [1.29, 1.82) is 0 Å². The number of rotatable bonds is 14. The topological polar surface area (TPSA) is 34.8 Å². The summed E-state index contributed by atoms with van der Waals surface area (Å²) in [4.78, 5) is 10.6. The van der Waals surface area contributed by atoms with Crippen LogP contribution >= 0.6 is 47.0 Å². The van der Waals surface area contributed by atoms with Gasteiger partial charge in [0.1, 0.15) is 11.5 Å². The van der Waals surface area contributed by atoms with Gasteiger partial charge < -0.3 is 18.6 Å². The number of nitrogens with zero attached hydrogens (tertiary/aromatic N) is 4. The monoisotopic (exact) mass is 868 g/mol. The number of hydrogen-bond acceptors (Lipinski definition) is 8. The second-order valence-corrected chi connectivity index (χ2v) is 20.9. The lowest BCUT2D eigenvalue weighted by molar-refractivity contribution is 0.248. The Bertz CT molecular complexity index is 2220. The van der Waals surface area contributed by atoms with E-state index in [0.29, 0.717) is 12.1 Å². The second kappa shape index (κ2) is 18.2. The van der Waals surface area contributed by atoms with Gasteiger partial charge in [0.25, 0.3) is 0 Å². The van der Waals surface area contributed by atoms with E-state index in [1.165, 1.54) is 87.4 Å². The van der Waals surface area contributed by atoms with Crippen molar-refractivity contribution in [3.63, 3.8) is 0 Å². The van der Waals surface area contributed by atoms with Crippen molar-refractivity contribution in [3.8, 4) is 22.9 Å². The largest absolute Gasteiger partial charge is 0.494 e. The van der Waals surface area contributed by atoms with Crippen molar-refractivity contribution >= 4 is 47.0 Å². The number of fused-ring (bicyclic) bond motifs is 2. The Labute approximate surface area is 372 Å². The molecule has 4 aromatic carbocycles. The van der Waals surface area contributed by atoms with E-state index in [-0.39, 0.29) is 0 Å². The van der Waals surface area contributed by atoms with E-state index < -0.39 is 0 Å².